The van der Waals surface area contributed by atoms with Gasteiger partial charge in [-0.3, -0.25) is 14.4 Å². The molecule has 0 bridgehead atoms. The monoisotopic (exact) mass is 409 g/mol. The summed E-state index contributed by atoms with van der Waals surface area (Å²) in [5.41, 5.74) is 0.660. The summed E-state index contributed by atoms with van der Waals surface area (Å²) in [6.07, 6.45) is 1.54. The van der Waals surface area contributed by atoms with Crippen molar-refractivity contribution in [3.05, 3.63) is 28.7 Å². The number of halogens is 1. The smallest absolute Gasteiger partial charge is 0.243 e. The Morgan fingerprint density at radius 3 is 2.68 bits per heavy atom. The third-order valence-electron chi connectivity index (χ3n) is 4.17. The summed E-state index contributed by atoms with van der Waals surface area (Å²) in [5.74, 6) is -0.719. The molecule has 0 spiro atoms. The lowest BCUT2D eigenvalue weighted by Gasteiger charge is -2.33. The number of likely N-dealkylation sites (tertiary alicyclic amines) is 1. The summed E-state index contributed by atoms with van der Waals surface area (Å²) in [5, 5.41) is 5.42. The van der Waals surface area contributed by atoms with Gasteiger partial charge in [-0.2, -0.15) is 0 Å². The van der Waals surface area contributed by atoms with Crippen molar-refractivity contribution in [2.45, 2.75) is 26.7 Å². The highest BCUT2D eigenvalue weighted by atomic mass is 79.9. The highest BCUT2D eigenvalue weighted by molar-refractivity contribution is 9.10. The van der Waals surface area contributed by atoms with Gasteiger partial charge < -0.3 is 15.5 Å². The molecule has 136 valence electrons. The van der Waals surface area contributed by atoms with E-state index in [-0.39, 0.29) is 36.1 Å². The van der Waals surface area contributed by atoms with E-state index in [1.165, 1.54) is 0 Å². The predicted molar refractivity (Wildman–Crippen MR) is 99.9 cm³/mol. The number of rotatable bonds is 5. The Morgan fingerprint density at radius 2 is 2.00 bits per heavy atom. The van der Waals surface area contributed by atoms with Gasteiger partial charge in [-0.15, -0.1) is 0 Å². The highest BCUT2D eigenvalue weighted by Gasteiger charge is 2.29. The van der Waals surface area contributed by atoms with Gasteiger partial charge in [0.2, 0.25) is 17.7 Å². The molecular weight excluding hydrogens is 386 g/mol. The lowest BCUT2D eigenvalue weighted by Crippen LogP contribution is -2.47. The van der Waals surface area contributed by atoms with Crippen molar-refractivity contribution in [3.8, 4) is 0 Å². The molecule has 1 atom stereocenters. The minimum atomic E-state index is -0.286. The Bertz CT molecular complexity index is 648. The molecule has 2 N–H and O–H groups in total. The first-order chi connectivity index (χ1) is 11.9. The van der Waals surface area contributed by atoms with E-state index in [2.05, 4.69) is 26.6 Å². The second kappa shape index (κ2) is 8.99. The molecule has 0 aromatic heterocycles. The van der Waals surface area contributed by atoms with Gasteiger partial charge >= 0.3 is 0 Å². The fourth-order valence-electron chi connectivity index (χ4n) is 2.83. The Morgan fingerprint density at radius 1 is 1.28 bits per heavy atom. The van der Waals surface area contributed by atoms with Crippen LogP contribution in [0.4, 0.5) is 5.69 Å². The summed E-state index contributed by atoms with van der Waals surface area (Å²) >= 11 is 3.36. The van der Waals surface area contributed by atoms with E-state index in [0.717, 1.165) is 17.3 Å². The van der Waals surface area contributed by atoms with Crippen LogP contribution in [0.2, 0.25) is 0 Å². The summed E-state index contributed by atoms with van der Waals surface area (Å²) in [7, 11) is 0. The van der Waals surface area contributed by atoms with Gasteiger partial charge in [-0.25, -0.2) is 0 Å². The number of nitrogens with zero attached hydrogens (tertiary/aromatic N) is 1. The predicted octanol–water partition coefficient (Wildman–Crippen LogP) is 2.40. The van der Waals surface area contributed by atoms with Crippen LogP contribution in [0.25, 0.3) is 0 Å². The van der Waals surface area contributed by atoms with Crippen molar-refractivity contribution in [2.75, 3.05) is 25.0 Å². The van der Waals surface area contributed by atoms with Gasteiger partial charge in [-0.05, 0) is 40.9 Å². The SMILES string of the molecule is CC(C)C(=O)N1CCCC(C(=O)NCC(=O)Nc2ccccc2Br)C1. The van der Waals surface area contributed by atoms with Crippen molar-refractivity contribution < 1.29 is 14.4 Å². The second-order valence-corrected chi connectivity index (χ2v) is 7.38. The summed E-state index contributed by atoms with van der Waals surface area (Å²) < 4.78 is 0.782. The molecule has 1 aromatic rings. The molecule has 1 heterocycles. The molecule has 1 fully saturated rings. The standard InChI is InChI=1S/C18H24BrN3O3/c1-12(2)18(25)22-9-5-6-13(11-22)17(24)20-10-16(23)21-15-8-4-3-7-14(15)19/h3-4,7-8,12-13H,5-6,9-11H2,1-2H3,(H,20,24)(H,21,23). The quantitative estimate of drug-likeness (QED) is 0.783. The molecule has 0 aliphatic carbocycles. The average molecular weight is 410 g/mol. The van der Waals surface area contributed by atoms with Crippen LogP contribution >= 0.6 is 15.9 Å². The minimum Gasteiger partial charge on any atom is -0.347 e. The molecule has 0 saturated carbocycles. The van der Waals surface area contributed by atoms with Crippen LogP contribution in [-0.2, 0) is 14.4 Å². The van der Waals surface area contributed by atoms with Crippen LogP contribution in [0.15, 0.2) is 28.7 Å². The van der Waals surface area contributed by atoms with E-state index in [1.807, 2.05) is 32.0 Å². The zero-order valence-electron chi connectivity index (χ0n) is 14.5. The number of amides is 3. The molecular formula is C18H24BrN3O3. The van der Waals surface area contributed by atoms with E-state index in [9.17, 15) is 14.4 Å². The van der Waals surface area contributed by atoms with E-state index in [1.54, 1.807) is 11.0 Å². The van der Waals surface area contributed by atoms with Crippen molar-refractivity contribution in [1.82, 2.24) is 10.2 Å². The van der Waals surface area contributed by atoms with Gasteiger partial charge in [-0.1, -0.05) is 26.0 Å². The van der Waals surface area contributed by atoms with Crippen LogP contribution in [0.3, 0.4) is 0 Å². The fourth-order valence-corrected chi connectivity index (χ4v) is 3.21. The summed E-state index contributed by atoms with van der Waals surface area (Å²) in [4.78, 5) is 38.2. The molecule has 1 aliphatic heterocycles. The van der Waals surface area contributed by atoms with Crippen molar-refractivity contribution >= 4 is 39.3 Å². The summed E-state index contributed by atoms with van der Waals surface area (Å²) in [6, 6.07) is 7.28. The fraction of sp³-hybridized carbons (Fsp3) is 0.500. The molecule has 1 aliphatic rings. The molecule has 1 saturated heterocycles. The minimum absolute atomic E-state index is 0.0723. The number of nitrogens with one attached hydrogen (secondary N) is 2. The molecule has 1 aromatic carbocycles. The number of hydrogen-bond acceptors (Lipinski definition) is 3. The number of hydrogen-bond donors (Lipinski definition) is 2. The van der Waals surface area contributed by atoms with E-state index >= 15 is 0 Å². The molecule has 2 rings (SSSR count). The van der Waals surface area contributed by atoms with E-state index < -0.39 is 0 Å². The zero-order valence-corrected chi connectivity index (χ0v) is 16.1. The van der Waals surface area contributed by atoms with E-state index in [0.29, 0.717) is 18.8 Å². The normalized spacial score (nSPS) is 17.3. The Labute approximate surface area is 156 Å². The van der Waals surface area contributed by atoms with Crippen molar-refractivity contribution in [3.63, 3.8) is 0 Å². The van der Waals surface area contributed by atoms with Crippen molar-refractivity contribution in [2.24, 2.45) is 11.8 Å². The second-order valence-electron chi connectivity index (χ2n) is 6.52. The topological polar surface area (TPSA) is 78.5 Å². The van der Waals surface area contributed by atoms with Gasteiger partial charge in [0.05, 0.1) is 18.2 Å². The molecule has 25 heavy (non-hydrogen) atoms. The summed E-state index contributed by atoms with van der Waals surface area (Å²) in [6.45, 7) is 4.75. The Hall–Kier alpha value is -1.89. The first kappa shape index (κ1) is 19.4. The molecule has 1 unspecified atom stereocenters. The van der Waals surface area contributed by atoms with Gasteiger partial charge in [0.15, 0.2) is 0 Å². The maximum absolute atomic E-state index is 12.3. The van der Waals surface area contributed by atoms with Crippen LogP contribution in [-0.4, -0.2) is 42.3 Å². The van der Waals surface area contributed by atoms with Gasteiger partial charge in [0.25, 0.3) is 0 Å². The van der Waals surface area contributed by atoms with Gasteiger partial charge in [0.1, 0.15) is 0 Å². The van der Waals surface area contributed by atoms with Crippen LogP contribution in [0, 0.1) is 11.8 Å². The third kappa shape index (κ3) is 5.56. The zero-order chi connectivity index (χ0) is 18.4. The third-order valence-corrected chi connectivity index (χ3v) is 4.86. The maximum Gasteiger partial charge on any atom is 0.243 e. The first-order valence-electron chi connectivity index (χ1n) is 8.49. The van der Waals surface area contributed by atoms with E-state index in [4.69, 9.17) is 0 Å². The molecule has 0 radical (unpaired) electrons. The molecule has 6 nitrogen and oxygen atoms in total. The Kier molecular flexibility index (Phi) is 6.99. The lowest BCUT2D eigenvalue weighted by atomic mass is 9.96. The van der Waals surface area contributed by atoms with Gasteiger partial charge in [0, 0.05) is 23.5 Å². The largest absolute Gasteiger partial charge is 0.347 e. The maximum atomic E-state index is 12.3. The van der Waals surface area contributed by atoms with Crippen LogP contribution in [0.1, 0.15) is 26.7 Å². The number of carbonyl (C=O) groups is 3. The Balaban J connectivity index is 1.82. The number of carbonyl (C=O) groups excluding carboxylic acids is 3. The lowest BCUT2D eigenvalue weighted by molar-refractivity contribution is -0.138. The molecule has 3 amide bonds. The first-order valence-corrected chi connectivity index (χ1v) is 9.28. The van der Waals surface area contributed by atoms with Crippen LogP contribution in [0.5, 0.6) is 0 Å². The average Bonchev–Trinajstić information content (AvgIpc) is 2.61. The number of piperidine rings is 1. The highest BCUT2D eigenvalue weighted by Crippen LogP contribution is 2.21. The molecule has 7 heteroatoms. The number of para-hydroxylation sites is 1. The number of anilines is 1. The van der Waals surface area contributed by atoms with Crippen LogP contribution < -0.4 is 10.6 Å². The number of benzene rings is 1. The van der Waals surface area contributed by atoms with Crippen molar-refractivity contribution in [1.29, 1.82) is 0 Å².